The minimum absolute atomic E-state index is 0.0255. The first kappa shape index (κ1) is 16.6. The van der Waals surface area contributed by atoms with Crippen LogP contribution >= 0.6 is 0 Å². The van der Waals surface area contributed by atoms with Crippen LogP contribution in [0.15, 0.2) is 0 Å². The summed E-state index contributed by atoms with van der Waals surface area (Å²) >= 11 is 0. The number of rotatable bonds is 6. The van der Waals surface area contributed by atoms with E-state index in [9.17, 15) is 8.42 Å². The van der Waals surface area contributed by atoms with Crippen molar-refractivity contribution in [3.8, 4) is 0 Å². The van der Waals surface area contributed by atoms with Crippen LogP contribution in [0.3, 0.4) is 0 Å². The van der Waals surface area contributed by atoms with Gasteiger partial charge in [0.2, 0.25) is 16.0 Å². The summed E-state index contributed by atoms with van der Waals surface area (Å²) in [5.74, 6) is 1.19. The number of morpholine rings is 1. The van der Waals surface area contributed by atoms with Gasteiger partial charge in [-0.3, -0.25) is 0 Å². The summed E-state index contributed by atoms with van der Waals surface area (Å²) in [5, 5.41) is 11.8. The molecule has 10 heteroatoms. The van der Waals surface area contributed by atoms with Gasteiger partial charge in [-0.1, -0.05) is 5.10 Å². The SMILES string of the molecule is CN(C)S(=O)(=O)CCn1nnnc1N1CCOC(C)(C2CC2)C1. The van der Waals surface area contributed by atoms with Crippen LogP contribution in [0.1, 0.15) is 19.8 Å². The van der Waals surface area contributed by atoms with Crippen LogP contribution in [0.4, 0.5) is 5.95 Å². The van der Waals surface area contributed by atoms with E-state index in [1.165, 1.54) is 31.2 Å². The molecule has 1 atom stereocenters. The molecule has 23 heavy (non-hydrogen) atoms. The van der Waals surface area contributed by atoms with Gasteiger partial charge >= 0.3 is 0 Å². The van der Waals surface area contributed by atoms with Gasteiger partial charge in [0.25, 0.3) is 0 Å². The standard InChI is InChI=1S/C13H24N6O3S/c1-13(11-4-5-11)10-18(6-8-22-13)12-14-15-16-19(12)7-9-23(20,21)17(2)3/h11H,4-10H2,1-3H3. The van der Waals surface area contributed by atoms with Crippen LogP contribution in [-0.2, 0) is 21.3 Å². The lowest BCUT2D eigenvalue weighted by Gasteiger charge is -2.40. The fraction of sp³-hybridized carbons (Fsp3) is 0.923. The Kier molecular flexibility index (Phi) is 4.32. The van der Waals surface area contributed by atoms with E-state index in [0.29, 0.717) is 25.0 Å². The number of anilines is 1. The third kappa shape index (κ3) is 3.48. The number of hydrogen-bond donors (Lipinski definition) is 0. The molecular formula is C13H24N6O3S. The van der Waals surface area contributed by atoms with E-state index in [1.807, 2.05) is 0 Å². The smallest absolute Gasteiger partial charge is 0.245 e. The van der Waals surface area contributed by atoms with Crippen molar-refractivity contribution >= 4 is 16.0 Å². The fourth-order valence-corrected chi connectivity index (χ4v) is 3.73. The largest absolute Gasteiger partial charge is 0.371 e. The first-order valence-corrected chi connectivity index (χ1v) is 9.48. The van der Waals surface area contributed by atoms with Crippen LogP contribution in [0.5, 0.6) is 0 Å². The number of hydrogen-bond acceptors (Lipinski definition) is 7. The lowest BCUT2D eigenvalue weighted by molar-refractivity contribution is -0.0581. The Morgan fingerprint density at radius 3 is 2.78 bits per heavy atom. The molecule has 0 bridgehead atoms. The first-order chi connectivity index (χ1) is 10.8. The zero-order chi connectivity index (χ0) is 16.7. The molecule has 2 fully saturated rings. The summed E-state index contributed by atoms with van der Waals surface area (Å²) in [6.07, 6.45) is 2.41. The normalized spacial score (nSPS) is 26.0. The maximum Gasteiger partial charge on any atom is 0.245 e. The van der Waals surface area contributed by atoms with Gasteiger partial charge in [0.05, 0.1) is 24.5 Å². The summed E-state index contributed by atoms with van der Waals surface area (Å²) in [6, 6.07) is 0. The van der Waals surface area contributed by atoms with Gasteiger partial charge < -0.3 is 9.64 Å². The highest BCUT2D eigenvalue weighted by Crippen LogP contribution is 2.43. The second-order valence-electron chi connectivity index (χ2n) is 6.66. The number of aryl methyl sites for hydroxylation is 1. The molecule has 3 rings (SSSR count). The molecule has 0 N–H and O–H groups in total. The topological polar surface area (TPSA) is 93.5 Å². The minimum Gasteiger partial charge on any atom is -0.371 e. The second-order valence-corrected chi connectivity index (χ2v) is 8.96. The van der Waals surface area contributed by atoms with E-state index < -0.39 is 10.0 Å². The lowest BCUT2D eigenvalue weighted by atomic mass is 9.98. The lowest BCUT2D eigenvalue weighted by Crippen LogP contribution is -2.52. The Bertz CT molecular complexity index is 656. The van der Waals surface area contributed by atoms with Crippen LogP contribution in [-0.4, -0.2) is 78.1 Å². The number of aromatic nitrogens is 4. The molecule has 1 saturated heterocycles. The predicted octanol–water partition coefficient (Wildman–Crippen LogP) is -0.430. The Hall–Kier alpha value is -1.26. The van der Waals surface area contributed by atoms with Crippen molar-refractivity contribution in [1.82, 2.24) is 24.5 Å². The third-order valence-electron chi connectivity index (χ3n) is 4.65. The van der Waals surface area contributed by atoms with Gasteiger partial charge in [0.15, 0.2) is 0 Å². The number of tetrazole rings is 1. The highest BCUT2D eigenvalue weighted by atomic mass is 32.2. The van der Waals surface area contributed by atoms with Crippen molar-refractivity contribution in [2.75, 3.05) is 44.4 Å². The predicted molar refractivity (Wildman–Crippen MR) is 84.6 cm³/mol. The Morgan fingerprint density at radius 2 is 2.13 bits per heavy atom. The monoisotopic (exact) mass is 344 g/mol. The molecule has 1 aromatic heterocycles. The molecule has 130 valence electrons. The van der Waals surface area contributed by atoms with Crippen molar-refractivity contribution < 1.29 is 13.2 Å². The van der Waals surface area contributed by atoms with Crippen molar-refractivity contribution in [2.24, 2.45) is 5.92 Å². The summed E-state index contributed by atoms with van der Waals surface area (Å²) in [5.41, 5.74) is -0.162. The van der Waals surface area contributed by atoms with Gasteiger partial charge in [0, 0.05) is 27.2 Å². The number of nitrogens with zero attached hydrogens (tertiary/aromatic N) is 6. The molecule has 0 aromatic carbocycles. The molecule has 1 unspecified atom stereocenters. The summed E-state index contributed by atoms with van der Waals surface area (Å²) < 4.78 is 32.6. The van der Waals surface area contributed by atoms with Crippen molar-refractivity contribution in [2.45, 2.75) is 31.9 Å². The van der Waals surface area contributed by atoms with Crippen molar-refractivity contribution in [3.05, 3.63) is 0 Å². The molecule has 1 aliphatic carbocycles. The summed E-state index contributed by atoms with van der Waals surface area (Å²) in [7, 11) is -0.221. The molecule has 0 radical (unpaired) electrons. The number of sulfonamides is 1. The van der Waals surface area contributed by atoms with Crippen LogP contribution in [0.2, 0.25) is 0 Å². The molecule has 2 heterocycles. The summed E-state index contributed by atoms with van der Waals surface area (Å²) in [6.45, 7) is 4.46. The molecule has 0 amide bonds. The average molecular weight is 344 g/mol. The molecule has 0 spiro atoms. The average Bonchev–Trinajstić information content (AvgIpc) is 3.25. The van der Waals surface area contributed by atoms with Crippen LogP contribution in [0, 0.1) is 5.92 Å². The van der Waals surface area contributed by atoms with Gasteiger partial charge in [-0.05, 0) is 36.1 Å². The van der Waals surface area contributed by atoms with Crippen molar-refractivity contribution in [3.63, 3.8) is 0 Å². The van der Waals surface area contributed by atoms with E-state index in [4.69, 9.17) is 4.74 Å². The van der Waals surface area contributed by atoms with E-state index in [0.717, 1.165) is 6.54 Å². The summed E-state index contributed by atoms with van der Waals surface area (Å²) in [4.78, 5) is 2.10. The van der Waals surface area contributed by atoms with Crippen molar-refractivity contribution in [1.29, 1.82) is 0 Å². The highest BCUT2D eigenvalue weighted by Gasteiger charge is 2.46. The Labute approximate surface area is 136 Å². The van der Waals surface area contributed by atoms with E-state index in [1.54, 1.807) is 4.68 Å². The zero-order valence-electron chi connectivity index (χ0n) is 13.8. The third-order valence-corrected chi connectivity index (χ3v) is 6.46. The quantitative estimate of drug-likeness (QED) is 0.691. The van der Waals surface area contributed by atoms with Gasteiger partial charge in [-0.2, -0.15) is 0 Å². The molecule has 1 aliphatic heterocycles. The molecule has 2 aliphatic rings. The second kappa shape index (κ2) is 5.99. The maximum atomic E-state index is 11.9. The van der Waals surface area contributed by atoms with E-state index >= 15 is 0 Å². The van der Waals surface area contributed by atoms with Gasteiger partial charge in [-0.25, -0.2) is 17.4 Å². The van der Waals surface area contributed by atoms with Crippen LogP contribution in [0.25, 0.3) is 0 Å². The molecule has 9 nitrogen and oxygen atoms in total. The molecule has 1 aromatic rings. The first-order valence-electron chi connectivity index (χ1n) is 7.87. The fourth-order valence-electron chi connectivity index (χ4n) is 2.96. The molecule has 1 saturated carbocycles. The highest BCUT2D eigenvalue weighted by molar-refractivity contribution is 7.89. The Balaban J connectivity index is 1.70. The number of ether oxygens (including phenoxy) is 1. The van der Waals surface area contributed by atoms with Crippen LogP contribution < -0.4 is 4.90 Å². The van der Waals surface area contributed by atoms with E-state index in [-0.39, 0.29) is 17.9 Å². The minimum atomic E-state index is -3.27. The van der Waals surface area contributed by atoms with Gasteiger partial charge in [0.1, 0.15) is 0 Å². The Morgan fingerprint density at radius 1 is 1.39 bits per heavy atom. The maximum absolute atomic E-state index is 11.9. The zero-order valence-corrected chi connectivity index (χ0v) is 14.7. The van der Waals surface area contributed by atoms with E-state index in [2.05, 4.69) is 27.3 Å². The molecular weight excluding hydrogens is 320 g/mol. The van der Waals surface area contributed by atoms with Gasteiger partial charge in [-0.15, -0.1) is 0 Å².